The SMILES string of the molecule is C=CC[C@H](c1cccc(OC(C)=O)c1)N1CCNCC1.Cl.Cl. The summed E-state index contributed by atoms with van der Waals surface area (Å²) in [5.74, 6) is 0.323. The van der Waals surface area contributed by atoms with Gasteiger partial charge in [-0.3, -0.25) is 9.69 Å². The summed E-state index contributed by atoms with van der Waals surface area (Å²) in [7, 11) is 0. The van der Waals surface area contributed by atoms with Crippen LogP contribution in [0.5, 0.6) is 5.75 Å². The molecule has 1 atom stereocenters. The highest BCUT2D eigenvalue weighted by molar-refractivity contribution is 5.85. The largest absolute Gasteiger partial charge is 0.427 e. The minimum atomic E-state index is -0.287. The average Bonchev–Trinajstić information content (AvgIpc) is 2.45. The van der Waals surface area contributed by atoms with Crippen LogP contribution in [-0.4, -0.2) is 37.0 Å². The molecule has 124 valence electrons. The lowest BCUT2D eigenvalue weighted by molar-refractivity contribution is -0.131. The molecule has 1 N–H and O–H groups in total. The molecule has 0 unspecified atom stereocenters. The zero-order valence-electron chi connectivity index (χ0n) is 12.8. The van der Waals surface area contributed by atoms with Crippen LogP contribution in [0.15, 0.2) is 36.9 Å². The topological polar surface area (TPSA) is 41.6 Å². The molecule has 0 bridgehead atoms. The Hall–Kier alpha value is -1.07. The van der Waals surface area contributed by atoms with Crippen LogP contribution in [0.1, 0.15) is 24.9 Å². The fourth-order valence-corrected chi connectivity index (χ4v) is 2.60. The van der Waals surface area contributed by atoms with Crippen LogP contribution >= 0.6 is 24.8 Å². The number of esters is 1. The molecule has 1 saturated heterocycles. The first-order valence-corrected chi connectivity index (χ1v) is 7.04. The Morgan fingerprint density at radius 1 is 1.41 bits per heavy atom. The van der Waals surface area contributed by atoms with Crippen molar-refractivity contribution in [1.82, 2.24) is 10.2 Å². The standard InChI is InChI=1S/C16H22N2O2.2ClH/c1-3-5-16(18-10-8-17-9-11-18)14-6-4-7-15(12-14)20-13(2)19;;/h3-4,6-7,12,16-17H,1,5,8-11H2,2H3;2*1H/t16-;;/m1../s1. The van der Waals surface area contributed by atoms with Crippen LogP contribution in [0, 0.1) is 0 Å². The van der Waals surface area contributed by atoms with Gasteiger partial charge in [-0.2, -0.15) is 0 Å². The van der Waals surface area contributed by atoms with Crippen molar-refractivity contribution in [1.29, 1.82) is 0 Å². The van der Waals surface area contributed by atoms with E-state index in [1.807, 2.05) is 24.3 Å². The van der Waals surface area contributed by atoms with E-state index in [2.05, 4.69) is 22.9 Å². The van der Waals surface area contributed by atoms with Gasteiger partial charge in [-0.05, 0) is 24.1 Å². The summed E-state index contributed by atoms with van der Waals surface area (Å²) in [5, 5.41) is 3.36. The summed E-state index contributed by atoms with van der Waals surface area (Å²) >= 11 is 0. The second kappa shape index (κ2) is 10.6. The summed E-state index contributed by atoms with van der Waals surface area (Å²) in [6.07, 6.45) is 2.84. The maximum Gasteiger partial charge on any atom is 0.308 e. The molecular formula is C16H24Cl2N2O2. The van der Waals surface area contributed by atoms with Crippen molar-refractivity contribution >= 4 is 30.8 Å². The van der Waals surface area contributed by atoms with Gasteiger partial charge in [-0.1, -0.05) is 18.2 Å². The van der Waals surface area contributed by atoms with Crippen molar-refractivity contribution in [2.45, 2.75) is 19.4 Å². The van der Waals surface area contributed by atoms with E-state index in [-0.39, 0.29) is 30.8 Å². The second-order valence-electron chi connectivity index (χ2n) is 4.99. The molecule has 0 amide bonds. The molecule has 6 heteroatoms. The first kappa shape index (κ1) is 20.9. The molecule has 1 aromatic carbocycles. The van der Waals surface area contributed by atoms with E-state index in [1.54, 1.807) is 0 Å². The third kappa shape index (κ3) is 5.97. The predicted molar refractivity (Wildman–Crippen MR) is 94.2 cm³/mol. The van der Waals surface area contributed by atoms with Crippen molar-refractivity contribution in [3.8, 4) is 5.75 Å². The summed E-state index contributed by atoms with van der Waals surface area (Å²) in [5.41, 5.74) is 1.17. The maximum absolute atomic E-state index is 11.1. The summed E-state index contributed by atoms with van der Waals surface area (Å²) in [6.45, 7) is 9.36. The van der Waals surface area contributed by atoms with E-state index in [0.717, 1.165) is 32.6 Å². The lowest BCUT2D eigenvalue weighted by Crippen LogP contribution is -2.45. The third-order valence-corrected chi connectivity index (χ3v) is 3.49. The summed E-state index contributed by atoms with van der Waals surface area (Å²) in [4.78, 5) is 13.5. The third-order valence-electron chi connectivity index (χ3n) is 3.49. The van der Waals surface area contributed by atoms with Crippen LogP contribution in [0.4, 0.5) is 0 Å². The monoisotopic (exact) mass is 346 g/mol. The van der Waals surface area contributed by atoms with E-state index in [9.17, 15) is 4.79 Å². The number of benzene rings is 1. The molecule has 0 aromatic heterocycles. The van der Waals surface area contributed by atoms with E-state index in [1.165, 1.54) is 12.5 Å². The lowest BCUT2D eigenvalue weighted by Gasteiger charge is -2.34. The van der Waals surface area contributed by atoms with Crippen molar-refractivity contribution in [3.05, 3.63) is 42.5 Å². The fraction of sp³-hybridized carbons (Fsp3) is 0.438. The first-order chi connectivity index (χ1) is 9.70. The second-order valence-corrected chi connectivity index (χ2v) is 4.99. The molecule has 0 aliphatic carbocycles. The number of piperazine rings is 1. The van der Waals surface area contributed by atoms with E-state index in [0.29, 0.717) is 11.8 Å². The molecule has 1 heterocycles. The predicted octanol–water partition coefficient (Wildman–Crippen LogP) is 2.98. The summed E-state index contributed by atoms with van der Waals surface area (Å²) in [6, 6.07) is 8.09. The van der Waals surface area contributed by atoms with Gasteiger partial charge in [-0.15, -0.1) is 31.4 Å². The Balaban J connectivity index is 0.00000220. The van der Waals surface area contributed by atoms with Crippen LogP contribution in [0.25, 0.3) is 0 Å². The Bertz CT molecular complexity index is 477. The number of hydrogen-bond donors (Lipinski definition) is 1. The van der Waals surface area contributed by atoms with E-state index < -0.39 is 0 Å². The highest BCUT2D eigenvalue weighted by Crippen LogP contribution is 2.27. The first-order valence-electron chi connectivity index (χ1n) is 7.04. The molecule has 4 nitrogen and oxygen atoms in total. The van der Waals surface area contributed by atoms with E-state index in [4.69, 9.17) is 4.74 Å². The molecule has 0 spiro atoms. The number of ether oxygens (including phenoxy) is 1. The smallest absolute Gasteiger partial charge is 0.308 e. The number of rotatable bonds is 5. The van der Waals surface area contributed by atoms with Crippen LogP contribution in [0.3, 0.4) is 0 Å². The number of nitrogens with one attached hydrogen (secondary N) is 1. The van der Waals surface area contributed by atoms with Gasteiger partial charge in [-0.25, -0.2) is 0 Å². The summed E-state index contributed by atoms with van der Waals surface area (Å²) < 4.78 is 5.17. The number of hydrogen-bond acceptors (Lipinski definition) is 4. The number of halogens is 2. The van der Waals surface area contributed by atoms with E-state index >= 15 is 0 Å². The van der Waals surface area contributed by atoms with Crippen LogP contribution in [0.2, 0.25) is 0 Å². The molecule has 0 radical (unpaired) electrons. The Labute approximate surface area is 144 Å². The van der Waals surface area contributed by atoms with Gasteiger partial charge in [0.1, 0.15) is 5.75 Å². The molecule has 22 heavy (non-hydrogen) atoms. The molecule has 1 aliphatic rings. The molecule has 0 saturated carbocycles. The highest BCUT2D eigenvalue weighted by atomic mass is 35.5. The molecule has 1 fully saturated rings. The van der Waals surface area contributed by atoms with Crippen molar-refractivity contribution < 1.29 is 9.53 Å². The molecular weight excluding hydrogens is 323 g/mol. The van der Waals surface area contributed by atoms with Gasteiger partial charge in [0.05, 0.1) is 0 Å². The quantitative estimate of drug-likeness (QED) is 0.505. The zero-order valence-corrected chi connectivity index (χ0v) is 14.4. The number of carbonyl (C=O) groups excluding carboxylic acids is 1. The lowest BCUT2D eigenvalue weighted by atomic mass is 10.0. The van der Waals surface area contributed by atoms with Crippen LogP contribution < -0.4 is 10.1 Å². The van der Waals surface area contributed by atoms with Crippen molar-refractivity contribution in [2.24, 2.45) is 0 Å². The Morgan fingerprint density at radius 2 is 2.09 bits per heavy atom. The fourth-order valence-electron chi connectivity index (χ4n) is 2.60. The maximum atomic E-state index is 11.1. The Morgan fingerprint density at radius 3 is 2.68 bits per heavy atom. The molecule has 1 aromatic rings. The minimum absolute atomic E-state index is 0. The zero-order chi connectivity index (χ0) is 14.4. The van der Waals surface area contributed by atoms with Gasteiger partial charge < -0.3 is 10.1 Å². The minimum Gasteiger partial charge on any atom is -0.427 e. The van der Waals surface area contributed by atoms with Gasteiger partial charge >= 0.3 is 5.97 Å². The Kier molecular flexibility index (Phi) is 10.1. The van der Waals surface area contributed by atoms with Gasteiger partial charge in [0.25, 0.3) is 0 Å². The van der Waals surface area contributed by atoms with Crippen molar-refractivity contribution in [2.75, 3.05) is 26.2 Å². The number of nitrogens with zero attached hydrogens (tertiary/aromatic N) is 1. The molecule has 1 aliphatic heterocycles. The van der Waals surface area contributed by atoms with Gasteiger partial charge in [0, 0.05) is 39.1 Å². The van der Waals surface area contributed by atoms with Gasteiger partial charge in [0.15, 0.2) is 0 Å². The highest BCUT2D eigenvalue weighted by Gasteiger charge is 2.21. The average molecular weight is 347 g/mol. The van der Waals surface area contributed by atoms with Crippen LogP contribution in [-0.2, 0) is 4.79 Å². The van der Waals surface area contributed by atoms with Gasteiger partial charge in [0.2, 0.25) is 0 Å². The number of carbonyl (C=O) groups is 1. The molecule has 2 rings (SSSR count). The normalized spacial score (nSPS) is 15.9. The van der Waals surface area contributed by atoms with Crippen molar-refractivity contribution in [3.63, 3.8) is 0 Å².